The van der Waals surface area contributed by atoms with Crippen LogP contribution in [0.1, 0.15) is 55.6 Å². The Hall–Kier alpha value is -3.71. The lowest BCUT2D eigenvalue weighted by molar-refractivity contribution is -0.0309. The molecular formula is C28H33N3O4. The first-order chi connectivity index (χ1) is 16.6. The smallest absolute Gasteiger partial charge is 0.410 e. The molecule has 0 radical (unpaired) electrons. The van der Waals surface area contributed by atoms with E-state index < -0.39 is 11.5 Å². The highest BCUT2D eigenvalue weighted by molar-refractivity contribution is 5.92. The molecule has 0 spiro atoms. The molecule has 4 rings (SSSR count). The van der Waals surface area contributed by atoms with Crippen LogP contribution in [0.5, 0.6) is 0 Å². The Balaban J connectivity index is 0.000000497. The van der Waals surface area contributed by atoms with Gasteiger partial charge in [-0.3, -0.25) is 9.78 Å². The molecule has 184 valence electrons. The Bertz CT molecular complexity index is 1070. The molecule has 1 aromatic heterocycles. The van der Waals surface area contributed by atoms with Crippen LogP contribution < -0.4 is 5.73 Å². The van der Waals surface area contributed by atoms with Gasteiger partial charge in [0, 0.05) is 31.1 Å². The lowest BCUT2D eigenvalue weighted by Crippen LogP contribution is -2.45. The molecular weight excluding hydrogens is 442 g/mol. The quantitative estimate of drug-likeness (QED) is 0.524. The van der Waals surface area contributed by atoms with E-state index in [0.29, 0.717) is 24.9 Å². The van der Waals surface area contributed by atoms with Crippen LogP contribution in [-0.2, 0) is 4.74 Å². The van der Waals surface area contributed by atoms with Gasteiger partial charge >= 0.3 is 6.09 Å². The zero-order valence-electron chi connectivity index (χ0n) is 20.4. The number of carbonyl (C=O) groups is 2. The van der Waals surface area contributed by atoms with Crippen LogP contribution in [0, 0.1) is 0 Å². The first kappa shape index (κ1) is 25.9. The van der Waals surface area contributed by atoms with Gasteiger partial charge in [-0.05, 0) is 38.5 Å². The highest BCUT2D eigenvalue weighted by Gasteiger charge is 2.33. The van der Waals surface area contributed by atoms with E-state index in [9.17, 15) is 14.7 Å². The number of amides is 2. The second-order valence-corrected chi connectivity index (χ2v) is 9.25. The van der Waals surface area contributed by atoms with Crippen LogP contribution in [-0.4, -0.2) is 45.2 Å². The summed E-state index contributed by atoms with van der Waals surface area (Å²) >= 11 is 0. The van der Waals surface area contributed by atoms with Crippen molar-refractivity contribution in [3.05, 3.63) is 90.1 Å². The fourth-order valence-electron chi connectivity index (χ4n) is 3.90. The van der Waals surface area contributed by atoms with Gasteiger partial charge in [-0.25, -0.2) is 4.79 Å². The number of carbonyl (C=O) groups excluding carboxylic acids is 2. The minimum Gasteiger partial charge on any atom is -0.446 e. The number of aliphatic hydroxyl groups is 1. The SMILES string of the molecule is CC(c1ccc(-c2ccc(C(N)=O)cn2)cc1)N1CCC(CC(C)(C)O)OC1=O.c1ccccc1. The Morgan fingerprint density at radius 2 is 1.71 bits per heavy atom. The van der Waals surface area contributed by atoms with Crippen molar-refractivity contribution in [2.75, 3.05) is 6.54 Å². The van der Waals surface area contributed by atoms with Gasteiger partial charge in [-0.2, -0.15) is 0 Å². The minimum atomic E-state index is -0.863. The van der Waals surface area contributed by atoms with Gasteiger partial charge in [0.1, 0.15) is 6.10 Å². The van der Waals surface area contributed by atoms with Gasteiger partial charge < -0.3 is 20.5 Å². The van der Waals surface area contributed by atoms with E-state index in [-0.39, 0.29) is 18.2 Å². The average Bonchev–Trinajstić information content (AvgIpc) is 2.84. The first-order valence-electron chi connectivity index (χ1n) is 11.7. The fraction of sp³-hybridized carbons (Fsp3) is 0.321. The van der Waals surface area contributed by atoms with Crippen LogP contribution >= 0.6 is 0 Å². The summed E-state index contributed by atoms with van der Waals surface area (Å²) in [5, 5.41) is 9.94. The Morgan fingerprint density at radius 1 is 1.11 bits per heavy atom. The summed E-state index contributed by atoms with van der Waals surface area (Å²) < 4.78 is 5.52. The van der Waals surface area contributed by atoms with Crippen LogP contribution in [0.2, 0.25) is 0 Å². The summed E-state index contributed by atoms with van der Waals surface area (Å²) in [4.78, 5) is 29.6. The summed E-state index contributed by atoms with van der Waals surface area (Å²) in [6.07, 6.45) is 1.96. The predicted octanol–water partition coefficient (Wildman–Crippen LogP) is 4.97. The number of primary amides is 1. The molecule has 1 saturated heterocycles. The van der Waals surface area contributed by atoms with Crippen molar-refractivity contribution in [2.24, 2.45) is 5.73 Å². The summed E-state index contributed by atoms with van der Waals surface area (Å²) in [5.41, 5.74) is 7.38. The Morgan fingerprint density at radius 3 is 2.17 bits per heavy atom. The van der Waals surface area contributed by atoms with Gasteiger partial charge in [-0.1, -0.05) is 60.7 Å². The van der Waals surface area contributed by atoms with E-state index in [1.807, 2.05) is 67.6 Å². The maximum atomic E-state index is 12.5. The number of ether oxygens (including phenoxy) is 1. The fourth-order valence-corrected chi connectivity index (χ4v) is 3.90. The topological polar surface area (TPSA) is 106 Å². The monoisotopic (exact) mass is 475 g/mol. The number of hydrogen-bond donors (Lipinski definition) is 2. The zero-order valence-corrected chi connectivity index (χ0v) is 20.4. The lowest BCUT2D eigenvalue weighted by Gasteiger charge is -2.37. The third kappa shape index (κ3) is 7.65. The summed E-state index contributed by atoms with van der Waals surface area (Å²) in [7, 11) is 0. The third-order valence-electron chi connectivity index (χ3n) is 5.79. The molecule has 1 aliphatic heterocycles. The molecule has 0 saturated carbocycles. The van der Waals surface area contributed by atoms with Crippen molar-refractivity contribution in [3.8, 4) is 11.3 Å². The number of hydrogen-bond acceptors (Lipinski definition) is 5. The second kappa shape index (κ2) is 11.6. The number of nitrogens with two attached hydrogens (primary N) is 1. The Kier molecular flexibility index (Phi) is 8.60. The second-order valence-electron chi connectivity index (χ2n) is 9.25. The molecule has 35 heavy (non-hydrogen) atoms. The van der Waals surface area contributed by atoms with E-state index in [1.165, 1.54) is 6.20 Å². The zero-order chi connectivity index (χ0) is 25.4. The molecule has 2 amide bonds. The highest BCUT2D eigenvalue weighted by Crippen LogP contribution is 2.29. The van der Waals surface area contributed by atoms with E-state index in [0.717, 1.165) is 16.8 Å². The molecule has 7 heteroatoms. The molecule has 0 aliphatic carbocycles. The molecule has 1 fully saturated rings. The number of rotatable bonds is 6. The highest BCUT2D eigenvalue weighted by atomic mass is 16.6. The molecule has 0 bridgehead atoms. The van der Waals surface area contributed by atoms with E-state index in [4.69, 9.17) is 10.5 Å². The number of nitrogens with zero attached hydrogens (tertiary/aromatic N) is 2. The number of pyridine rings is 1. The minimum absolute atomic E-state index is 0.134. The van der Waals surface area contributed by atoms with Gasteiger partial charge in [0.15, 0.2) is 0 Å². The number of cyclic esters (lactones) is 1. The maximum Gasteiger partial charge on any atom is 0.410 e. The maximum absolute atomic E-state index is 12.5. The standard InChI is InChI=1S/C22H27N3O4.C6H6/c1-14(25-11-10-18(29-21(25)27)12-22(2,3)28)15-4-6-16(7-5-15)19-9-8-17(13-24-19)20(23)26;1-2-4-6-5-3-1/h4-9,13-14,18,28H,10-12H2,1-3H3,(H2,23,26);1-6H. The molecule has 2 atom stereocenters. The van der Waals surface area contributed by atoms with Crippen molar-refractivity contribution in [1.82, 2.24) is 9.88 Å². The molecule has 2 heterocycles. The molecule has 1 aliphatic rings. The molecule has 3 aromatic rings. The molecule has 2 aromatic carbocycles. The third-order valence-corrected chi connectivity index (χ3v) is 5.79. The van der Waals surface area contributed by atoms with Crippen molar-refractivity contribution in [1.29, 1.82) is 0 Å². The molecule has 2 unspecified atom stereocenters. The Labute approximate surface area is 206 Å². The number of aromatic nitrogens is 1. The van der Waals surface area contributed by atoms with Crippen LogP contribution in [0.4, 0.5) is 4.79 Å². The van der Waals surface area contributed by atoms with Gasteiger partial charge in [0.05, 0.1) is 22.9 Å². The first-order valence-corrected chi connectivity index (χ1v) is 11.7. The predicted molar refractivity (Wildman–Crippen MR) is 136 cm³/mol. The van der Waals surface area contributed by atoms with Gasteiger partial charge in [0.2, 0.25) is 5.91 Å². The van der Waals surface area contributed by atoms with Crippen LogP contribution in [0.25, 0.3) is 11.3 Å². The molecule has 3 N–H and O–H groups in total. The van der Waals surface area contributed by atoms with E-state index in [2.05, 4.69) is 4.98 Å². The lowest BCUT2D eigenvalue weighted by atomic mass is 9.97. The van der Waals surface area contributed by atoms with Gasteiger partial charge in [-0.15, -0.1) is 0 Å². The van der Waals surface area contributed by atoms with E-state index >= 15 is 0 Å². The molecule has 7 nitrogen and oxygen atoms in total. The average molecular weight is 476 g/mol. The normalized spacial score (nSPS) is 16.5. The van der Waals surface area contributed by atoms with Gasteiger partial charge in [0.25, 0.3) is 0 Å². The van der Waals surface area contributed by atoms with Crippen LogP contribution in [0.15, 0.2) is 79.0 Å². The summed E-state index contributed by atoms with van der Waals surface area (Å²) in [6.45, 7) is 5.98. The van der Waals surface area contributed by atoms with Crippen molar-refractivity contribution >= 4 is 12.0 Å². The van der Waals surface area contributed by atoms with Crippen molar-refractivity contribution < 1.29 is 19.4 Å². The summed E-state index contributed by atoms with van der Waals surface area (Å²) in [6, 6.07) is 23.1. The largest absolute Gasteiger partial charge is 0.446 e. The van der Waals surface area contributed by atoms with Crippen molar-refractivity contribution in [2.45, 2.75) is 51.4 Å². The van der Waals surface area contributed by atoms with E-state index in [1.54, 1.807) is 30.9 Å². The van der Waals surface area contributed by atoms with Crippen LogP contribution in [0.3, 0.4) is 0 Å². The summed E-state index contributed by atoms with van der Waals surface area (Å²) in [5.74, 6) is -0.508. The van der Waals surface area contributed by atoms with Crippen molar-refractivity contribution in [3.63, 3.8) is 0 Å². The number of benzene rings is 2.